The van der Waals surface area contributed by atoms with Crippen LogP contribution >= 0.6 is 0 Å². The third-order valence-corrected chi connectivity index (χ3v) is 5.46. The lowest BCUT2D eigenvalue weighted by atomic mass is 10.1. The molecule has 0 saturated carbocycles. The smallest absolute Gasteiger partial charge is 0.252 e. The highest BCUT2D eigenvalue weighted by atomic mass is 16.5. The molecule has 4 rings (SSSR count). The van der Waals surface area contributed by atoms with Gasteiger partial charge in [-0.25, -0.2) is 0 Å². The van der Waals surface area contributed by atoms with Gasteiger partial charge in [0.15, 0.2) is 5.96 Å². The number of nitrogens with zero attached hydrogens (tertiary/aromatic N) is 3. The van der Waals surface area contributed by atoms with Crippen molar-refractivity contribution in [2.75, 3.05) is 13.2 Å². The van der Waals surface area contributed by atoms with Crippen LogP contribution in [0.3, 0.4) is 0 Å². The van der Waals surface area contributed by atoms with Gasteiger partial charge in [-0.3, -0.25) is 5.41 Å². The summed E-state index contributed by atoms with van der Waals surface area (Å²) in [7, 11) is 0. The molecule has 0 radical (unpaired) electrons. The van der Waals surface area contributed by atoms with Crippen LogP contribution in [0.15, 0.2) is 40.9 Å². The molecule has 2 unspecified atom stereocenters. The summed E-state index contributed by atoms with van der Waals surface area (Å²) in [5, 5.41) is 24.2. The lowest BCUT2D eigenvalue weighted by molar-refractivity contribution is 0.118. The van der Waals surface area contributed by atoms with Gasteiger partial charge in [-0.15, -0.1) is 0 Å². The maximum atomic E-state index is 10.3. The first-order chi connectivity index (χ1) is 14.6. The molecular formula is C22H27N5O3. The highest BCUT2D eigenvalue weighted by Crippen LogP contribution is 2.32. The average Bonchev–Trinajstić information content (AvgIpc) is 3.37. The number of nitrogens with two attached hydrogens (primary N) is 1. The van der Waals surface area contributed by atoms with E-state index >= 15 is 0 Å². The number of aliphatic hydroxyl groups excluding tert-OH is 1. The number of rotatable bonds is 7. The van der Waals surface area contributed by atoms with Gasteiger partial charge in [0.05, 0.1) is 12.7 Å². The van der Waals surface area contributed by atoms with Crippen molar-refractivity contribution >= 4 is 16.7 Å². The van der Waals surface area contributed by atoms with Gasteiger partial charge < -0.3 is 25.0 Å². The van der Waals surface area contributed by atoms with Gasteiger partial charge >= 0.3 is 0 Å². The Balaban J connectivity index is 1.53. The predicted molar refractivity (Wildman–Crippen MR) is 114 cm³/mol. The summed E-state index contributed by atoms with van der Waals surface area (Å²) in [5.41, 5.74) is 6.44. The van der Waals surface area contributed by atoms with Crippen LogP contribution in [0.25, 0.3) is 22.2 Å². The molecule has 30 heavy (non-hydrogen) atoms. The van der Waals surface area contributed by atoms with E-state index < -0.39 is 12.1 Å². The predicted octanol–water partition coefficient (Wildman–Crippen LogP) is 3.46. The highest BCUT2D eigenvalue weighted by Gasteiger charge is 2.39. The monoisotopic (exact) mass is 409 g/mol. The lowest BCUT2D eigenvalue weighted by Gasteiger charge is -2.22. The Hall–Kier alpha value is -3.13. The van der Waals surface area contributed by atoms with Crippen LogP contribution in [0.5, 0.6) is 5.75 Å². The molecule has 1 fully saturated rings. The minimum Gasteiger partial charge on any atom is -0.494 e. The third-order valence-electron chi connectivity index (χ3n) is 5.46. The fourth-order valence-corrected chi connectivity index (χ4v) is 3.81. The van der Waals surface area contributed by atoms with Crippen molar-refractivity contribution < 1.29 is 14.4 Å². The molecule has 0 aliphatic carbocycles. The van der Waals surface area contributed by atoms with E-state index in [-0.39, 0.29) is 11.9 Å². The van der Waals surface area contributed by atoms with Crippen molar-refractivity contribution in [3.05, 3.63) is 42.3 Å². The fraction of sp³-hybridized carbons (Fsp3) is 0.409. The average molecular weight is 409 g/mol. The third kappa shape index (κ3) is 4.09. The van der Waals surface area contributed by atoms with Crippen LogP contribution < -0.4 is 10.5 Å². The maximum absolute atomic E-state index is 10.3. The van der Waals surface area contributed by atoms with Gasteiger partial charge in [0.2, 0.25) is 5.82 Å². The normalized spacial score (nSPS) is 18.8. The number of ether oxygens (including phenoxy) is 1. The molecule has 8 nitrogen and oxygen atoms in total. The summed E-state index contributed by atoms with van der Waals surface area (Å²) in [6, 6.07) is 11.4. The number of nitrogens with one attached hydrogen (secondary N) is 1. The van der Waals surface area contributed by atoms with Crippen LogP contribution in [0.1, 0.15) is 44.5 Å². The Bertz CT molecular complexity index is 1030. The number of aromatic nitrogens is 2. The second-order valence-electron chi connectivity index (χ2n) is 7.62. The van der Waals surface area contributed by atoms with Crippen molar-refractivity contribution in [2.24, 2.45) is 5.73 Å². The molecule has 2 atom stereocenters. The summed E-state index contributed by atoms with van der Waals surface area (Å²) in [4.78, 5) is 6.05. The summed E-state index contributed by atoms with van der Waals surface area (Å²) in [6.07, 6.45) is 3.21. The first kappa shape index (κ1) is 20.2. The molecule has 3 aromatic rings. The van der Waals surface area contributed by atoms with Crippen LogP contribution in [-0.2, 0) is 0 Å². The molecule has 1 aliphatic rings. The van der Waals surface area contributed by atoms with Crippen LogP contribution in [-0.4, -0.2) is 45.4 Å². The standard InChI is InChI=1S/C22H27N5O3/c1-2-3-4-11-29-17-8-7-14-12-16(6-5-15(14)13-17)20-25-21(30-26-20)19-18(28)9-10-27(19)22(23)24/h5-8,12-13,18-19,28H,2-4,9-11H2,1H3,(H3,23,24). The lowest BCUT2D eigenvalue weighted by Crippen LogP contribution is -2.37. The number of fused-ring (bicyclic) bond motifs is 1. The van der Waals surface area contributed by atoms with E-state index in [4.69, 9.17) is 20.4 Å². The van der Waals surface area contributed by atoms with Gasteiger partial charge in [-0.2, -0.15) is 4.98 Å². The topological polar surface area (TPSA) is 121 Å². The number of guanidine groups is 1. The first-order valence-electron chi connectivity index (χ1n) is 10.4. The SMILES string of the molecule is CCCCCOc1ccc2cc(-c3noc(C4C(O)CCN4C(=N)N)n3)ccc2c1. The van der Waals surface area contributed by atoms with Crippen LogP contribution in [0, 0.1) is 5.41 Å². The van der Waals surface area contributed by atoms with Gasteiger partial charge in [0.25, 0.3) is 5.89 Å². The van der Waals surface area contributed by atoms with Crippen molar-refractivity contribution in [1.29, 1.82) is 5.41 Å². The van der Waals surface area contributed by atoms with Crippen molar-refractivity contribution in [3.63, 3.8) is 0 Å². The van der Waals surface area contributed by atoms with E-state index in [1.807, 2.05) is 36.4 Å². The fourth-order valence-electron chi connectivity index (χ4n) is 3.81. The Morgan fingerprint density at radius 2 is 2.07 bits per heavy atom. The molecule has 0 bridgehead atoms. The van der Waals surface area contributed by atoms with Gasteiger partial charge in [0.1, 0.15) is 11.8 Å². The zero-order valence-corrected chi connectivity index (χ0v) is 17.0. The summed E-state index contributed by atoms with van der Waals surface area (Å²) < 4.78 is 11.2. The molecule has 4 N–H and O–H groups in total. The van der Waals surface area contributed by atoms with Gasteiger partial charge in [-0.05, 0) is 41.8 Å². The van der Waals surface area contributed by atoms with E-state index in [2.05, 4.69) is 17.1 Å². The quantitative estimate of drug-likeness (QED) is 0.310. The van der Waals surface area contributed by atoms with E-state index in [1.54, 1.807) is 4.90 Å². The molecule has 8 heteroatoms. The second kappa shape index (κ2) is 8.71. The molecule has 1 saturated heterocycles. The Kier molecular flexibility index (Phi) is 5.85. The zero-order valence-electron chi connectivity index (χ0n) is 17.0. The second-order valence-corrected chi connectivity index (χ2v) is 7.62. The zero-order chi connectivity index (χ0) is 21.1. The van der Waals surface area contributed by atoms with E-state index in [0.29, 0.717) is 18.8 Å². The Labute approximate surface area is 175 Å². The molecule has 0 spiro atoms. The molecule has 1 aromatic heterocycles. The molecule has 1 aliphatic heterocycles. The minimum atomic E-state index is -0.699. The van der Waals surface area contributed by atoms with E-state index in [1.165, 1.54) is 12.8 Å². The van der Waals surface area contributed by atoms with Crippen molar-refractivity contribution in [3.8, 4) is 17.1 Å². The number of hydrogen-bond donors (Lipinski definition) is 3. The molecule has 2 aromatic carbocycles. The minimum absolute atomic E-state index is 0.116. The molecule has 0 amide bonds. The highest BCUT2D eigenvalue weighted by molar-refractivity contribution is 5.87. The van der Waals surface area contributed by atoms with E-state index in [9.17, 15) is 5.11 Å². The van der Waals surface area contributed by atoms with Gasteiger partial charge in [0, 0.05) is 12.1 Å². The van der Waals surface area contributed by atoms with E-state index in [0.717, 1.165) is 35.1 Å². The summed E-state index contributed by atoms with van der Waals surface area (Å²) in [5.74, 6) is 1.46. The van der Waals surface area contributed by atoms with Crippen molar-refractivity contribution in [1.82, 2.24) is 15.0 Å². The number of likely N-dealkylation sites (tertiary alicyclic amines) is 1. The Morgan fingerprint density at radius 3 is 2.87 bits per heavy atom. The molecule has 2 heterocycles. The Morgan fingerprint density at radius 1 is 1.27 bits per heavy atom. The number of aliphatic hydroxyl groups is 1. The number of benzene rings is 2. The molecule has 158 valence electrons. The first-order valence-corrected chi connectivity index (χ1v) is 10.4. The number of unbranched alkanes of at least 4 members (excludes halogenated alkanes) is 2. The number of hydrogen-bond acceptors (Lipinski definition) is 6. The summed E-state index contributed by atoms with van der Waals surface area (Å²) in [6.45, 7) is 3.39. The largest absolute Gasteiger partial charge is 0.494 e. The van der Waals surface area contributed by atoms with Gasteiger partial charge in [-0.1, -0.05) is 43.1 Å². The van der Waals surface area contributed by atoms with Crippen LogP contribution in [0.2, 0.25) is 0 Å². The summed E-state index contributed by atoms with van der Waals surface area (Å²) >= 11 is 0. The van der Waals surface area contributed by atoms with Crippen molar-refractivity contribution in [2.45, 2.75) is 44.8 Å². The van der Waals surface area contributed by atoms with Crippen LogP contribution in [0.4, 0.5) is 0 Å². The maximum Gasteiger partial charge on any atom is 0.252 e. The molecular weight excluding hydrogens is 382 g/mol.